The fourth-order valence-electron chi connectivity index (χ4n) is 2.70. The molecule has 3 rings (SSSR count). The van der Waals surface area contributed by atoms with Gasteiger partial charge in [0.2, 0.25) is 0 Å². The monoisotopic (exact) mass is 334 g/mol. The Hall–Kier alpha value is -1.53. The summed E-state index contributed by atoms with van der Waals surface area (Å²) in [7, 11) is 0. The Bertz CT molecular complexity index is 641. The van der Waals surface area contributed by atoms with Gasteiger partial charge in [-0.25, -0.2) is 0 Å². The molecule has 0 atom stereocenters. The molecule has 0 amide bonds. The van der Waals surface area contributed by atoms with Crippen molar-refractivity contribution >= 4 is 11.7 Å². The predicted octanol–water partition coefficient (Wildman–Crippen LogP) is -1.65. The molecule has 0 radical (unpaired) electrons. The third kappa shape index (κ3) is 5.24. The van der Waals surface area contributed by atoms with E-state index < -0.39 is 5.97 Å². The van der Waals surface area contributed by atoms with E-state index in [9.17, 15) is 9.90 Å². The van der Waals surface area contributed by atoms with Crippen LogP contribution in [-0.2, 0) is 4.79 Å². The van der Waals surface area contributed by atoms with Crippen molar-refractivity contribution in [1.82, 2.24) is 4.90 Å². The summed E-state index contributed by atoms with van der Waals surface area (Å²) < 4.78 is 5.78. The second kappa shape index (κ2) is 9.08. The fourth-order valence-corrected chi connectivity index (χ4v) is 2.70. The fraction of sp³-hybridized carbons (Fsp3) is 0.278. The average Bonchev–Trinajstić information content (AvgIpc) is 2.57. The second-order valence-electron chi connectivity index (χ2n) is 5.54. The minimum Gasteiger partial charge on any atom is -0.549 e. The quantitative estimate of drug-likeness (QED) is 0.614. The van der Waals surface area contributed by atoms with E-state index in [1.807, 2.05) is 59.5 Å². The number of nitrogens with zero attached hydrogens (tertiary/aromatic N) is 2. The second-order valence-corrected chi connectivity index (χ2v) is 5.54. The molecule has 5 nitrogen and oxygen atoms in total. The summed E-state index contributed by atoms with van der Waals surface area (Å²) in [5, 5.41) is 10.6. The normalized spacial score (nSPS) is 14.8. The number of carbonyl (C=O) groups excluding carboxylic acids is 1. The summed E-state index contributed by atoms with van der Waals surface area (Å²) in [6, 6.07) is 17.7. The predicted molar refractivity (Wildman–Crippen MR) is 86.6 cm³/mol. The van der Waals surface area contributed by atoms with Gasteiger partial charge in [-0.05, 0) is 36.4 Å². The van der Waals surface area contributed by atoms with Gasteiger partial charge in [0, 0.05) is 38.4 Å². The van der Waals surface area contributed by atoms with Crippen LogP contribution < -0.4 is 44.3 Å². The number of para-hydroxylation sites is 1. The molecule has 0 saturated carbocycles. The van der Waals surface area contributed by atoms with Gasteiger partial charge in [0.05, 0.1) is 5.97 Å². The van der Waals surface area contributed by atoms with Crippen LogP contribution in [0.25, 0.3) is 0 Å². The summed E-state index contributed by atoms with van der Waals surface area (Å²) >= 11 is 0. The van der Waals surface area contributed by atoms with Gasteiger partial charge in [-0.3, -0.25) is 4.90 Å². The largest absolute Gasteiger partial charge is 1.00 e. The van der Waals surface area contributed by atoms with Crippen molar-refractivity contribution < 1.29 is 44.2 Å². The molecule has 0 bridgehead atoms. The first kappa shape index (κ1) is 18.8. The van der Waals surface area contributed by atoms with Crippen LogP contribution in [0.4, 0.5) is 5.69 Å². The number of carboxylic acids is 1. The van der Waals surface area contributed by atoms with Crippen molar-refractivity contribution in [2.24, 2.45) is 0 Å². The number of carboxylic acid groups (broad SMARTS) is 1. The standard InChI is InChI=1S/C18H20N2O3.Na/c21-18(22)14-19-10-12-20(13-11-19)15-6-8-17(9-7-15)23-16-4-2-1-3-5-16;/h1-9H,10-14H2,(H,21,22);/q;+1/p-1. The summed E-state index contributed by atoms with van der Waals surface area (Å²) in [6.45, 7) is 3.10. The molecule has 0 aliphatic carbocycles. The van der Waals surface area contributed by atoms with Crippen molar-refractivity contribution in [2.75, 3.05) is 37.6 Å². The van der Waals surface area contributed by atoms with E-state index in [0.717, 1.165) is 43.4 Å². The third-order valence-corrected chi connectivity index (χ3v) is 3.91. The smallest absolute Gasteiger partial charge is 0.549 e. The average molecular weight is 334 g/mol. The number of piperazine rings is 1. The molecular formula is C18H19N2NaO3. The van der Waals surface area contributed by atoms with Crippen molar-refractivity contribution in [3.8, 4) is 11.5 Å². The Balaban J connectivity index is 0.00000208. The van der Waals surface area contributed by atoms with Gasteiger partial charge in [0.1, 0.15) is 11.5 Å². The molecule has 0 aromatic heterocycles. The first-order valence-corrected chi connectivity index (χ1v) is 7.71. The number of anilines is 1. The number of aliphatic carboxylic acids is 1. The summed E-state index contributed by atoms with van der Waals surface area (Å²) in [5.41, 5.74) is 1.12. The zero-order chi connectivity index (χ0) is 16.1. The van der Waals surface area contributed by atoms with E-state index in [0.29, 0.717) is 0 Å². The molecule has 1 heterocycles. The molecule has 1 aliphatic heterocycles. The summed E-state index contributed by atoms with van der Waals surface area (Å²) in [5.74, 6) is 0.604. The minimum atomic E-state index is -1.01. The van der Waals surface area contributed by atoms with Gasteiger partial charge in [0.25, 0.3) is 0 Å². The Morgan fingerprint density at radius 1 is 0.917 bits per heavy atom. The van der Waals surface area contributed by atoms with E-state index in [1.165, 1.54) is 0 Å². The zero-order valence-corrected chi connectivity index (χ0v) is 15.9. The first-order valence-electron chi connectivity index (χ1n) is 7.71. The molecule has 2 aromatic rings. The van der Waals surface area contributed by atoms with Crippen LogP contribution in [0.15, 0.2) is 54.6 Å². The number of benzene rings is 2. The van der Waals surface area contributed by atoms with Gasteiger partial charge in [-0.15, -0.1) is 0 Å². The first-order chi connectivity index (χ1) is 11.2. The van der Waals surface area contributed by atoms with Gasteiger partial charge >= 0.3 is 29.6 Å². The molecule has 0 unspecified atom stereocenters. The molecule has 1 fully saturated rings. The van der Waals surface area contributed by atoms with Crippen LogP contribution in [0.5, 0.6) is 11.5 Å². The number of hydrogen-bond donors (Lipinski definition) is 0. The molecular weight excluding hydrogens is 315 g/mol. The Labute approximate surface area is 164 Å². The molecule has 1 aliphatic rings. The van der Waals surface area contributed by atoms with Crippen LogP contribution in [0.1, 0.15) is 0 Å². The molecule has 120 valence electrons. The Morgan fingerprint density at radius 3 is 2.08 bits per heavy atom. The van der Waals surface area contributed by atoms with Gasteiger partial charge < -0.3 is 19.5 Å². The van der Waals surface area contributed by atoms with Crippen LogP contribution in [0.2, 0.25) is 0 Å². The molecule has 0 spiro atoms. The molecule has 2 aromatic carbocycles. The maximum absolute atomic E-state index is 10.6. The third-order valence-electron chi connectivity index (χ3n) is 3.91. The van der Waals surface area contributed by atoms with Gasteiger partial charge in [-0.2, -0.15) is 0 Å². The Kier molecular flexibility index (Phi) is 7.12. The maximum atomic E-state index is 10.6. The number of rotatable bonds is 5. The number of hydrogen-bond acceptors (Lipinski definition) is 5. The number of carbonyl (C=O) groups is 1. The van der Waals surface area contributed by atoms with E-state index >= 15 is 0 Å². The molecule has 6 heteroatoms. The number of ether oxygens (including phenoxy) is 1. The van der Waals surface area contributed by atoms with E-state index in [-0.39, 0.29) is 36.1 Å². The van der Waals surface area contributed by atoms with Crippen molar-refractivity contribution in [2.45, 2.75) is 0 Å². The molecule has 24 heavy (non-hydrogen) atoms. The van der Waals surface area contributed by atoms with Crippen LogP contribution in [0, 0.1) is 0 Å². The zero-order valence-electron chi connectivity index (χ0n) is 13.9. The topological polar surface area (TPSA) is 55.8 Å². The minimum absolute atomic E-state index is 0. The summed E-state index contributed by atoms with van der Waals surface area (Å²) in [4.78, 5) is 14.8. The van der Waals surface area contributed by atoms with E-state index in [4.69, 9.17) is 4.74 Å². The molecule has 1 saturated heterocycles. The summed E-state index contributed by atoms with van der Waals surface area (Å²) in [6.07, 6.45) is 0. The van der Waals surface area contributed by atoms with Crippen molar-refractivity contribution in [1.29, 1.82) is 0 Å². The van der Waals surface area contributed by atoms with E-state index in [1.54, 1.807) is 0 Å². The van der Waals surface area contributed by atoms with Crippen LogP contribution in [-0.4, -0.2) is 43.6 Å². The Morgan fingerprint density at radius 2 is 1.50 bits per heavy atom. The maximum Gasteiger partial charge on any atom is 1.00 e. The SMILES string of the molecule is O=C([O-])CN1CCN(c2ccc(Oc3ccccc3)cc2)CC1.[Na+]. The van der Waals surface area contributed by atoms with Crippen LogP contribution >= 0.6 is 0 Å². The van der Waals surface area contributed by atoms with Gasteiger partial charge in [-0.1, -0.05) is 18.2 Å². The van der Waals surface area contributed by atoms with Gasteiger partial charge in [0.15, 0.2) is 0 Å². The van der Waals surface area contributed by atoms with Crippen molar-refractivity contribution in [3.63, 3.8) is 0 Å². The van der Waals surface area contributed by atoms with Crippen LogP contribution in [0.3, 0.4) is 0 Å². The molecule has 0 N–H and O–H groups in total. The van der Waals surface area contributed by atoms with E-state index in [2.05, 4.69) is 4.90 Å². The van der Waals surface area contributed by atoms with Crippen molar-refractivity contribution in [3.05, 3.63) is 54.6 Å².